The average Bonchev–Trinajstić information content (AvgIpc) is 2.93. The number of fused-ring (bicyclic) bond motifs is 1. The summed E-state index contributed by atoms with van der Waals surface area (Å²) in [6.45, 7) is 4.96. The van der Waals surface area contributed by atoms with Crippen molar-refractivity contribution in [3.05, 3.63) is 30.4 Å². The molecule has 1 saturated heterocycles. The first kappa shape index (κ1) is 13.5. The first-order valence-electron chi connectivity index (χ1n) is 7.48. The van der Waals surface area contributed by atoms with Crippen molar-refractivity contribution in [2.24, 2.45) is 5.92 Å². The molecule has 3 rings (SSSR count). The van der Waals surface area contributed by atoms with Crippen LogP contribution in [0.15, 0.2) is 24.8 Å². The third-order valence-electron chi connectivity index (χ3n) is 4.04. The largest absolute Gasteiger partial charge is 0.381 e. The molecule has 0 saturated carbocycles. The van der Waals surface area contributed by atoms with E-state index in [1.165, 1.54) is 5.56 Å². The van der Waals surface area contributed by atoms with Crippen molar-refractivity contribution < 1.29 is 4.74 Å². The smallest absolute Gasteiger partial charge is 0.0892 e. The molecule has 1 atom stereocenters. The molecule has 1 aliphatic heterocycles. The molecule has 5 heteroatoms. The number of nitrogens with one attached hydrogen (secondary N) is 1. The van der Waals surface area contributed by atoms with Gasteiger partial charge in [0, 0.05) is 37.2 Å². The molecule has 0 spiro atoms. The fraction of sp³-hybridized carbons (Fsp3) is 0.600. The zero-order valence-electron chi connectivity index (χ0n) is 12.0. The van der Waals surface area contributed by atoms with Crippen LogP contribution in [0, 0.1) is 5.92 Å². The number of rotatable bonds is 5. The van der Waals surface area contributed by atoms with Crippen molar-refractivity contribution in [2.75, 3.05) is 19.8 Å². The molecule has 0 amide bonds. The van der Waals surface area contributed by atoms with Gasteiger partial charge in [0.05, 0.1) is 17.9 Å². The second kappa shape index (κ2) is 6.33. The van der Waals surface area contributed by atoms with Crippen molar-refractivity contribution in [2.45, 2.75) is 32.2 Å². The van der Waals surface area contributed by atoms with E-state index in [9.17, 15) is 0 Å². The maximum absolute atomic E-state index is 5.50. The van der Waals surface area contributed by atoms with Gasteiger partial charge in [-0.05, 0) is 31.7 Å². The average molecular weight is 274 g/mol. The van der Waals surface area contributed by atoms with Crippen LogP contribution in [0.4, 0.5) is 0 Å². The van der Waals surface area contributed by atoms with Crippen LogP contribution >= 0.6 is 0 Å². The van der Waals surface area contributed by atoms with E-state index in [1.54, 1.807) is 6.20 Å². The predicted molar refractivity (Wildman–Crippen MR) is 77.6 cm³/mol. The molecular formula is C15H22N4O. The lowest BCUT2D eigenvalue weighted by Gasteiger charge is -2.30. The van der Waals surface area contributed by atoms with E-state index in [4.69, 9.17) is 4.74 Å². The van der Waals surface area contributed by atoms with E-state index in [0.29, 0.717) is 12.0 Å². The van der Waals surface area contributed by atoms with Crippen molar-refractivity contribution >= 4 is 5.52 Å². The zero-order valence-corrected chi connectivity index (χ0v) is 12.0. The van der Waals surface area contributed by atoms with Gasteiger partial charge in [-0.25, -0.2) is 4.52 Å². The summed E-state index contributed by atoms with van der Waals surface area (Å²) in [4.78, 5) is 4.24. The Labute approximate surface area is 119 Å². The zero-order chi connectivity index (χ0) is 13.8. The van der Waals surface area contributed by atoms with Gasteiger partial charge < -0.3 is 10.1 Å². The second-order valence-electron chi connectivity index (χ2n) is 5.39. The monoisotopic (exact) mass is 274 g/mol. The van der Waals surface area contributed by atoms with Gasteiger partial charge in [0.15, 0.2) is 0 Å². The molecule has 2 aromatic rings. The van der Waals surface area contributed by atoms with Crippen molar-refractivity contribution in [3.8, 4) is 0 Å². The molecule has 0 bridgehead atoms. The highest BCUT2D eigenvalue weighted by Gasteiger charge is 2.27. The van der Waals surface area contributed by atoms with Crippen LogP contribution in [0.2, 0.25) is 0 Å². The van der Waals surface area contributed by atoms with Gasteiger partial charge in [0.1, 0.15) is 0 Å². The maximum atomic E-state index is 5.50. The van der Waals surface area contributed by atoms with E-state index in [0.717, 1.165) is 44.5 Å². The fourth-order valence-corrected chi connectivity index (χ4v) is 2.97. The van der Waals surface area contributed by atoms with E-state index in [2.05, 4.69) is 22.3 Å². The van der Waals surface area contributed by atoms with Gasteiger partial charge >= 0.3 is 0 Å². The van der Waals surface area contributed by atoms with Crippen LogP contribution < -0.4 is 5.32 Å². The lowest BCUT2D eigenvalue weighted by molar-refractivity contribution is 0.0538. The van der Waals surface area contributed by atoms with Crippen LogP contribution in [0.1, 0.15) is 37.8 Å². The fourth-order valence-electron chi connectivity index (χ4n) is 2.97. The van der Waals surface area contributed by atoms with Gasteiger partial charge in [0.2, 0.25) is 0 Å². The van der Waals surface area contributed by atoms with Gasteiger partial charge in [-0.3, -0.25) is 4.98 Å². The van der Waals surface area contributed by atoms with Gasteiger partial charge in [0.25, 0.3) is 0 Å². The first-order valence-corrected chi connectivity index (χ1v) is 7.48. The van der Waals surface area contributed by atoms with Crippen LogP contribution in [0.3, 0.4) is 0 Å². The van der Waals surface area contributed by atoms with E-state index < -0.39 is 0 Å². The topological polar surface area (TPSA) is 51.5 Å². The molecule has 0 aromatic carbocycles. The molecule has 0 radical (unpaired) electrons. The molecule has 108 valence electrons. The highest BCUT2D eigenvalue weighted by atomic mass is 16.5. The van der Waals surface area contributed by atoms with E-state index in [-0.39, 0.29) is 0 Å². The standard InChI is InChI=1S/C15H22N4O/c1-2-5-17-15(12-3-8-20-9-4-12)13-10-18-19-7-6-16-11-14(13)19/h6-7,10-12,15,17H,2-5,8-9H2,1H3. The van der Waals surface area contributed by atoms with Crippen molar-refractivity contribution in [3.63, 3.8) is 0 Å². The number of hydrogen-bond acceptors (Lipinski definition) is 4. The molecule has 1 aliphatic rings. The van der Waals surface area contributed by atoms with Gasteiger partial charge in [-0.1, -0.05) is 6.92 Å². The molecule has 5 nitrogen and oxygen atoms in total. The SMILES string of the molecule is CCCNC(c1cnn2ccncc12)C1CCOCC1. The van der Waals surface area contributed by atoms with E-state index >= 15 is 0 Å². The third-order valence-corrected chi connectivity index (χ3v) is 4.04. The summed E-state index contributed by atoms with van der Waals surface area (Å²) in [6, 6.07) is 0.348. The number of ether oxygens (including phenoxy) is 1. The highest BCUT2D eigenvalue weighted by Crippen LogP contribution is 2.32. The molecule has 1 unspecified atom stereocenters. The Morgan fingerprint density at radius 3 is 3.05 bits per heavy atom. The second-order valence-corrected chi connectivity index (χ2v) is 5.39. The minimum Gasteiger partial charge on any atom is -0.381 e. The summed E-state index contributed by atoms with van der Waals surface area (Å²) in [5, 5.41) is 8.14. The lowest BCUT2D eigenvalue weighted by Crippen LogP contribution is -2.32. The number of aromatic nitrogens is 3. The molecule has 20 heavy (non-hydrogen) atoms. The molecule has 1 fully saturated rings. The molecule has 1 N–H and O–H groups in total. The Bertz CT molecular complexity index is 548. The van der Waals surface area contributed by atoms with Crippen molar-refractivity contribution in [1.82, 2.24) is 19.9 Å². The van der Waals surface area contributed by atoms with Crippen LogP contribution in [-0.2, 0) is 4.74 Å². The Kier molecular flexibility index (Phi) is 4.28. The summed E-state index contributed by atoms with van der Waals surface area (Å²) in [6.07, 6.45) is 10.9. The van der Waals surface area contributed by atoms with Crippen LogP contribution in [0.5, 0.6) is 0 Å². The lowest BCUT2D eigenvalue weighted by atomic mass is 9.87. The van der Waals surface area contributed by atoms with Gasteiger partial charge in [-0.15, -0.1) is 0 Å². The summed E-state index contributed by atoms with van der Waals surface area (Å²) in [7, 11) is 0. The minimum absolute atomic E-state index is 0.348. The minimum atomic E-state index is 0.348. The van der Waals surface area contributed by atoms with E-state index in [1.807, 2.05) is 23.1 Å². The van der Waals surface area contributed by atoms with Crippen LogP contribution in [-0.4, -0.2) is 34.4 Å². The molecule has 2 aromatic heterocycles. The first-order chi connectivity index (χ1) is 9.90. The summed E-state index contributed by atoms with van der Waals surface area (Å²) in [5.41, 5.74) is 2.37. The highest BCUT2D eigenvalue weighted by molar-refractivity contribution is 5.53. The molecule has 3 heterocycles. The molecule has 0 aliphatic carbocycles. The number of hydrogen-bond donors (Lipinski definition) is 1. The summed E-state index contributed by atoms with van der Waals surface area (Å²) < 4.78 is 7.40. The third kappa shape index (κ3) is 2.69. The summed E-state index contributed by atoms with van der Waals surface area (Å²) >= 11 is 0. The van der Waals surface area contributed by atoms with Gasteiger partial charge in [-0.2, -0.15) is 5.10 Å². The Hall–Kier alpha value is -1.46. The Morgan fingerprint density at radius 2 is 2.25 bits per heavy atom. The Morgan fingerprint density at radius 1 is 1.40 bits per heavy atom. The predicted octanol–water partition coefficient (Wildman–Crippen LogP) is 2.20. The summed E-state index contributed by atoms with van der Waals surface area (Å²) in [5.74, 6) is 0.614. The quantitative estimate of drug-likeness (QED) is 0.908. The van der Waals surface area contributed by atoms with Crippen molar-refractivity contribution in [1.29, 1.82) is 0 Å². The number of nitrogens with zero attached hydrogens (tertiary/aromatic N) is 3. The maximum Gasteiger partial charge on any atom is 0.0892 e. The molecular weight excluding hydrogens is 252 g/mol. The Balaban J connectivity index is 1.90. The normalized spacial score (nSPS) is 18.4. The van der Waals surface area contributed by atoms with Crippen LogP contribution in [0.25, 0.3) is 5.52 Å².